The van der Waals surface area contributed by atoms with Crippen molar-refractivity contribution in [2.24, 2.45) is 0 Å². The lowest BCUT2D eigenvalue weighted by molar-refractivity contribution is 0.0635. The fraction of sp³-hybridized carbons (Fsp3) is 0.368. The van der Waals surface area contributed by atoms with Crippen LogP contribution in [0, 0.1) is 0 Å². The SMILES string of the molecule is CCN(Cc1cccs1)C(=O)c1ccc(NC(=O)OC(C)(C)C)cc1. The van der Waals surface area contributed by atoms with Crippen molar-refractivity contribution < 1.29 is 14.3 Å². The number of rotatable bonds is 5. The molecule has 2 rings (SSSR count). The highest BCUT2D eigenvalue weighted by molar-refractivity contribution is 7.09. The van der Waals surface area contributed by atoms with Crippen LogP contribution < -0.4 is 5.32 Å². The number of hydrogen-bond donors (Lipinski definition) is 1. The number of nitrogens with one attached hydrogen (secondary N) is 1. The van der Waals surface area contributed by atoms with E-state index in [0.29, 0.717) is 24.3 Å². The van der Waals surface area contributed by atoms with Crippen molar-refractivity contribution in [3.63, 3.8) is 0 Å². The zero-order valence-electron chi connectivity index (χ0n) is 15.0. The van der Waals surface area contributed by atoms with Gasteiger partial charge >= 0.3 is 6.09 Å². The van der Waals surface area contributed by atoms with Crippen molar-refractivity contribution in [2.75, 3.05) is 11.9 Å². The lowest BCUT2D eigenvalue weighted by Gasteiger charge is -2.21. The van der Waals surface area contributed by atoms with Gasteiger partial charge in [-0.2, -0.15) is 0 Å². The van der Waals surface area contributed by atoms with Gasteiger partial charge in [0.15, 0.2) is 0 Å². The number of thiophene rings is 1. The molecule has 2 amide bonds. The number of anilines is 1. The van der Waals surface area contributed by atoms with Gasteiger partial charge < -0.3 is 9.64 Å². The first-order chi connectivity index (χ1) is 11.8. The number of carbonyl (C=O) groups is 2. The summed E-state index contributed by atoms with van der Waals surface area (Å²) < 4.78 is 5.21. The summed E-state index contributed by atoms with van der Waals surface area (Å²) in [6, 6.07) is 10.8. The van der Waals surface area contributed by atoms with Crippen molar-refractivity contribution in [3.05, 3.63) is 52.2 Å². The Balaban J connectivity index is 2.00. The van der Waals surface area contributed by atoms with Crippen molar-refractivity contribution in [3.8, 4) is 0 Å². The van der Waals surface area contributed by atoms with Crippen LogP contribution in [0.2, 0.25) is 0 Å². The summed E-state index contributed by atoms with van der Waals surface area (Å²) >= 11 is 1.64. The molecule has 1 aromatic heterocycles. The molecular weight excluding hydrogens is 336 g/mol. The highest BCUT2D eigenvalue weighted by Gasteiger charge is 2.17. The van der Waals surface area contributed by atoms with Gasteiger partial charge in [-0.25, -0.2) is 4.79 Å². The van der Waals surface area contributed by atoms with Crippen LogP contribution in [0.4, 0.5) is 10.5 Å². The average Bonchev–Trinajstić information content (AvgIpc) is 3.04. The van der Waals surface area contributed by atoms with Gasteiger partial charge in [0.2, 0.25) is 0 Å². The maximum absolute atomic E-state index is 12.6. The van der Waals surface area contributed by atoms with Gasteiger partial charge in [-0.05, 0) is 63.4 Å². The Morgan fingerprint density at radius 1 is 1.16 bits per heavy atom. The van der Waals surface area contributed by atoms with Crippen molar-refractivity contribution in [2.45, 2.75) is 39.8 Å². The van der Waals surface area contributed by atoms with E-state index in [-0.39, 0.29) is 5.91 Å². The van der Waals surface area contributed by atoms with E-state index in [9.17, 15) is 9.59 Å². The molecule has 1 heterocycles. The molecule has 0 atom stereocenters. The Hall–Kier alpha value is -2.34. The fourth-order valence-electron chi connectivity index (χ4n) is 2.22. The third-order valence-corrected chi connectivity index (χ3v) is 4.23. The van der Waals surface area contributed by atoms with Crippen LogP contribution >= 0.6 is 11.3 Å². The van der Waals surface area contributed by atoms with E-state index in [0.717, 1.165) is 4.88 Å². The van der Waals surface area contributed by atoms with E-state index in [2.05, 4.69) is 5.32 Å². The van der Waals surface area contributed by atoms with E-state index in [4.69, 9.17) is 4.74 Å². The number of benzene rings is 1. The summed E-state index contributed by atoms with van der Waals surface area (Å²) in [5.74, 6) is -0.0280. The van der Waals surface area contributed by atoms with Gasteiger partial charge in [0.25, 0.3) is 5.91 Å². The van der Waals surface area contributed by atoms with E-state index in [1.807, 2.05) is 24.4 Å². The number of nitrogens with zero attached hydrogens (tertiary/aromatic N) is 1. The maximum atomic E-state index is 12.6. The van der Waals surface area contributed by atoms with E-state index in [1.54, 1.807) is 61.3 Å². The van der Waals surface area contributed by atoms with Crippen LogP contribution in [-0.2, 0) is 11.3 Å². The molecule has 2 aromatic rings. The second kappa shape index (κ2) is 8.16. The molecule has 0 saturated heterocycles. The molecule has 6 heteroatoms. The normalized spacial score (nSPS) is 11.0. The van der Waals surface area contributed by atoms with Crippen molar-refractivity contribution in [1.29, 1.82) is 0 Å². The first-order valence-electron chi connectivity index (χ1n) is 8.20. The van der Waals surface area contributed by atoms with Crippen LogP contribution in [0.1, 0.15) is 42.9 Å². The predicted molar refractivity (Wildman–Crippen MR) is 101 cm³/mol. The molecule has 0 fully saturated rings. The molecule has 0 aliphatic heterocycles. The molecule has 5 nitrogen and oxygen atoms in total. The molecule has 0 unspecified atom stereocenters. The van der Waals surface area contributed by atoms with E-state index < -0.39 is 11.7 Å². The molecule has 1 aromatic carbocycles. The number of carbonyl (C=O) groups excluding carboxylic acids is 2. The monoisotopic (exact) mass is 360 g/mol. The van der Waals surface area contributed by atoms with Crippen LogP contribution in [0.25, 0.3) is 0 Å². The van der Waals surface area contributed by atoms with Gasteiger partial charge in [0, 0.05) is 22.7 Å². The molecule has 0 radical (unpaired) electrons. The maximum Gasteiger partial charge on any atom is 0.412 e. The molecule has 25 heavy (non-hydrogen) atoms. The van der Waals surface area contributed by atoms with Crippen LogP contribution in [0.15, 0.2) is 41.8 Å². The lowest BCUT2D eigenvalue weighted by atomic mass is 10.1. The second-order valence-corrected chi connectivity index (χ2v) is 7.64. The molecule has 0 aliphatic carbocycles. The molecule has 134 valence electrons. The summed E-state index contributed by atoms with van der Waals surface area (Å²) in [6.07, 6.45) is -0.514. The second-order valence-electron chi connectivity index (χ2n) is 6.60. The summed E-state index contributed by atoms with van der Waals surface area (Å²) in [6.45, 7) is 8.62. The van der Waals surface area contributed by atoms with Gasteiger partial charge in [-0.15, -0.1) is 11.3 Å². The minimum absolute atomic E-state index is 0.0280. The molecule has 0 aliphatic rings. The topological polar surface area (TPSA) is 58.6 Å². The van der Waals surface area contributed by atoms with E-state index in [1.165, 1.54) is 0 Å². The van der Waals surface area contributed by atoms with Gasteiger partial charge in [0.05, 0.1) is 6.54 Å². The Kier molecular flexibility index (Phi) is 6.20. The Bertz CT molecular complexity index is 703. The van der Waals surface area contributed by atoms with Crippen LogP contribution in [-0.4, -0.2) is 29.0 Å². The van der Waals surface area contributed by atoms with Crippen molar-refractivity contribution >= 4 is 29.0 Å². The van der Waals surface area contributed by atoms with Gasteiger partial charge in [-0.1, -0.05) is 6.07 Å². The molecule has 1 N–H and O–H groups in total. The number of ether oxygens (including phenoxy) is 1. The van der Waals surface area contributed by atoms with Crippen LogP contribution in [0.5, 0.6) is 0 Å². The Labute approximate surface area is 152 Å². The summed E-state index contributed by atoms with van der Waals surface area (Å²) in [5.41, 5.74) is 0.629. The van der Waals surface area contributed by atoms with Gasteiger partial charge in [0.1, 0.15) is 5.60 Å². The van der Waals surface area contributed by atoms with E-state index >= 15 is 0 Å². The molecule has 0 saturated carbocycles. The number of amides is 2. The summed E-state index contributed by atoms with van der Waals surface area (Å²) in [4.78, 5) is 27.4. The zero-order chi connectivity index (χ0) is 18.4. The summed E-state index contributed by atoms with van der Waals surface area (Å²) in [5, 5.41) is 4.66. The smallest absolute Gasteiger partial charge is 0.412 e. The molecule has 0 spiro atoms. The number of hydrogen-bond acceptors (Lipinski definition) is 4. The Morgan fingerprint density at radius 3 is 2.36 bits per heavy atom. The minimum atomic E-state index is -0.552. The highest BCUT2D eigenvalue weighted by atomic mass is 32.1. The van der Waals surface area contributed by atoms with Crippen molar-refractivity contribution in [1.82, 2.24) is 4.90 Å². The lowest BCUT2D eigenvalue weighted by Crippen LogP contribution is -2.30. The standard InChI is InChI=1S/C19H24N2O3S/c1-5-21(13-16-7-6-12-25-16)17(22)14-8-10-15(11-9-14)20-18(23)24-19(2,3)4/h6-12H,5,13H2,1-4H3,(H,20,23). The van der Waals surface area contributed by atoms with Crippen LogP contribution in [0.3, 0.4) is 0 Å². The third kappa shape index (κ3) is 5.90. The first-order valence-corrected chi connectivity index (χ1v) is 9.08. The predicted octanol–water partition coefficient (Wildman–Crippen LogP) is 4.76. The largest absolute Gasteiger partial charge is 0.444 e. The summed E-state index contributed by atoms with van der Waals surface area (Å²) in [7, 11) is 0. The quantitative estimate of drug-likeness (QED) is 0.836. The fourth-order valence-corrected chi connectivity index (χ4v) is 2.94. The van der Waals surface area contributed by atoms with Gasteiger partial charge in [-0.3, -0.25) is 10.1 Å². The third-order valence-electron chi connectivity index (χ3n) is 3.37. The molecule has 0 bridgehead atoms. The highest BCUT2D eigenvalue weighted by Crippen LogP contribution is 2.17. The zero-order valence-corrected chi connectivity index (χ0v) is 15.9. The molecular formula is C19H24N2O3S. The first kappa shape index (κ1) is 19.0. The minimum Gasteiger partial charge on any atom is -0.444 e. The Morgan fingerprint density at radius 2 is 1.84 bits per heavy atom. The average molecular weight is 360 g/mol.